The highest BCUT2D eigenvalue weighted by atomic mass is 19.4. The normalized spacial score (nSPS) is 12.2. The molecular formula is C12H12F3N7. The Morgan fingerprint density at radius 2 is 1.77 bits per heavy atom. The highest BCUT2D eigenvalue weighted by Crippen LogP contribution is 2.29. The van der Waals surface area contributed by atoms with Gasteiger partial charge >= 0.3 is 6.18 Å². The van der Waals surface area contributed by atoms with Crippen molar-refractivity contribution in [2.24, 2.45) is 27.2 Å². The van der Waals surface area contributed by atoms with Crippen LogP contribution in [0.2, 0.25) is 0 Å². The molecule has 22 heavy (non-hydrogen) atoms. The molecule has 0 radical (unpaired) electrons. The second-order valence-electron chi connectivity index (χ2n) is 4.14. The molecule has 0 aliphatic heterocycles. The summed E-state index contributed by atoms with van der Waals surface area (Å²) < 4.78 is 38.9. The number of nitrogens with two attached hydrogens (primary N) is 3. The van der Waals surface area contributed by atoms with Gasteiger partial charge in [0.25, 0.3) is 0 Å². The molecule has 2 aromatic rings. The lowest BCUT2D eigenvalue weighted by molar-refractivity contribution is -0.141. The van der Waals surface area contributed by atoms with Crippen LogP contribution < -0.4 is 17.2 Å². The van der Waals surface area contributed by atoms with Gasteiger partial charge in [-0.2, -0.15) is 23.3 Å². The molecule has 6 N–H and O–H groups in total. The smallest absolute Gasteiger partial charge is 0.370 e. The van der Waals surface area contributed by atoms with Gasteiger partial charge < -0.3 is 17.2 Å². The first-order valence-electron chi connectivity index (χ1n) is 5.93. The Bertz CT molecular complexity index is 726. The highest BCUT2D eigenvalue weighted by Gasteiger charge is 2.33. The molecule has 1 aromatic carbocycles. The lowest BCUT2D eigenvalue weighted by Crippen LogP contribution is -2.26. The van der Waals surface area contributed by atoms with Gasteiger partial charge in [-0.3, -0.25) is 0 Å². The number of para-hydroxylation sites is 2. The van der Waals surface area contributed by atoms with E-state index in [1.807, 2.05) is 0 Å². The lowest BCUT2D eigenvalue weighted by Gasteiger charge is -2.06. The van der Waals surface area contributed by atoms with Gasteiger partial charge in [-0.15, -0.1) is 0 Å². The first-order valence-corrected chi connectivity index (χ1v) is 5.93. The van der Waals surface area contributed by atoms with Crippen LogP contribution in [0.4, 0.5) is 18.9 Å². The molecule has 7 nitrogen and oxygen atoms in total. The van der Waals surface area contributed by atoms with Gasteiger partial charge in [-0.1, -0.05) is 12.1 Å². The summed E-state index contributed by atoms with van der Waals surface area (Å²) in [5.74, 6) is -0.507. The van der Waals surface area contributed by atoms with E-state index in [1.165, 1.54) is 12.3 Å². The number of hydrogen-bond acceptors (Lipinski definition) is 2. The van der Waals surface area contributed by atoms with E-state index in [9.17, 15) is 13.2 Å². The van der Waals surface area contributed by atoms with Gasteiger partial charge in [0.15, 0.2) is 11.7 Å². The van der Waals surface area contributed by atoms with Gasteiger partial charge in [0.05, 0.1) is 11.4 Å². The average molecular weight is 311 g/mol. The summed E-state index contributed by atoms with van der Waals surface area (Å²) in [6, 6.07) is 7.20. The minimum atomic E-state index is -4.53. The van der Waals surface area contributed by atoms with E-state index in [-0.39, 0.29) is 17.6 Å². The van der Waals surface area contributed by atoms with Crippen LogP contribution in [0.15, 0.2) is 46.5 Å². The second kappa shape index (κ2) is 5.76. The van der Waals surface area contributed by atoms with Crippen molar-refractivity contribution in [3.63, 3.8) is 0 Å². The van der Waals surface area contributed by atoms with E-state index in [2.05, 4.69) is 15.1 Å². The van der Waals surface area contributed by atoms with E-state index >= 15 is 0 Å². The van der Waals surface area contributed by atoms with Crippen molar-refractivity contribution in [2.75, 3.05) is 0 Å². The number of nitrogens with zero attached hydrogens (tertiary/aromatic N) is 4. The van der Waals surface area contributed by atoms with Crippen LogP contribution in [0.5, 0.6) is 0 Å². The van der Waals surface area contributed by atoms with Crippen molar-refractivity contribution < 1.29 is 13.2 Å². The molecule has 1 aromatic heterocycles. The summed E-state index contributed by atoms with van der Waals surface area (Å²) in [4.78, 5) is 7.49. The fourth-order valence-corrected chi connectivity index (χ4v) is 1.64. The molecule has 0 unspecified atom stereocenters. The van der Waals surface area contributed by atoms with Crippen LogP contribution in [0.25, 0.3) is 5.69 Å². The third-order valence-electron chi connectivity index (χ3n) is 2.49. The number of aromatic nitrogens is 2. The summed E-state index contributed by atoms with van der Waals surface area (Å²) in [6.45, 7) is 0. The number of rotatable bonds is 2. The molecule has 0 bridgehead atoms. The van der Waals surface area contributed by atoms with Gasteiger partial charge in [0.2, 0.25) is 5.96 Å². The molecule has 0 atom stereocenters. The number of hydrogen-bond donors (Lipinski definition) is 3. The first-order chi connectivity index (χ1) is 10.3. The largest absolute Gasteiger partial charge is 0.435 e. The van der Waals surface area contributed by atoms with Crippen molar-refractivity contribution in [1.29, 1.82) is 0 Å². The Kier molecular flexibility index (Phi) is 4.02. The van der Waals surface area contributed by atoms with Crippen LogP contribution in [-0.4, -0.2) is 21.7 Å². The molecular weight excluding hydrogens is 299 g/mol. The number of halogens is 3. The Morgan fingerprint density at radius 1 is 1.09 bits per heavy atom. The molecule has 0 fully saturated rings. The molecule has 0 saturated carbocycles. The van der Waals surface area contributed by atoms with Crippen molar-refractivity contribution in [1.82, 2.24) is 9.78 Å². The fraction of sp³-hybridized carbons (Fsp3) is 0.0833. The molecule has 0 saturated heterocycles. The number of alkyl halides is 3. The summed E-state index contributed by atoms with van der Waals surface area (Å²) >= 11 is 0. The quantitative estimate of drug-likeness (QED) is 0.568. The zero-order valence-corrected chi connectivity index (χ0v) is 11.1. The fourth-order valence-electron chi connectivity index (χ4n) is 1.64. The van der Waals surface area contributed by atoms with Gasteiger partial charge in [0.1, 0.15) is 0 Å². The zero-order valence-electron chi connectivity index (χ0n) is 11.1. The van der Waals surface area contributed by atoms with Crippen molar-refractivity contribution in [2.45, 2.75) is 6.18 Å². The van der Waals surface area contributed by atoms with E-state index in [0.717, 1.165) is 10.7 Å². The van der Waals surface area contributed by atoms with E-state index in [1.54, 1.807) is 18.2 Å². The third-order valence-corrected chi connectivity index (χ3v) is 2.49. The summed E-state index contributed by atoms with van der Waals surface area (Å²) in [5.41, 5.74) is 15.4. The predicted molar refractivity (Wildman–Crippen MR) is 75.7 cm³/mol. The maximum absolute atomic E-state index is 12.6. The van der Waals surface area contributed by atoms with Crippen LogP contribution in [0.1, 0.15) is 5.69 Å². The molecule has 1 heterocycles. The standard InChI is InChI=1S/C12H12F3N7/c13-12(14,15)9-5-6-22(21-9)8-4-2-1-3-7(8)19-11(18)20-10(16)17/h1-6H,(H6,16,17,18,19,20). The maximum Gasteiger partial charge on any atom is 0.435 e. The Balaban J connectivity index is 2.45. The van der Waals surface area contributed by atoms with Crippen LogP contribution in [0, 0.1) is 0 Å². The Hall–Kier alpha value is -3.04. The van der Waals surface area contributed by atoms with Crippen molar-refractivity contribution in [3.05, 3.63) is 42.2 Å². The summed E-state index contributed by atoms with van der Waals surface area (Å²) in [6.07, 6.45) is -3.35. The van der Waals surface area contributed by atoms with Crippen LogP contribution >= 0.6 is 0 Å². The Morgan fingerprint density at radius 3 is 2.36 bits per heavy atom. The summed E-state index contributed by atoms with van der Waals surface area (Å²) in [5, 5.41) is 3.48. The third kappa shape index (κ3) is 3.53. The van der Waals surface area contributed by atoms with Crippen molar-refractivity contribution >= 4 is 17.6 Å². The SMILES string of the molecule is NC(N)=NC(N)=Nc1ccccc1-n1ccc(C(F)(F)F)n1. The number of aliphatic imine (C=N–C) groups is 2. The predicted octanol–water partition coefficient (Wildman–Crippen LogP) is 1.11. The lowest BCUT2D eigenvalue weighted by atomic mass is 10.3. The minimum Gasteiger partial charge on any atom is -0.370 e. The molecule has 116 valence electrons. The van der Waals surface area contributed by atoms with E-state index < -0.39 is 11.9 Å². The molecule has 0 spiro atoms. The second-order valence-corrected chi connectivity index (χ2v) is 4.14. The summed E-state index contributed by atoms with van der Waals surface area (Å²) in [7, 11) is 0. The average Bonchev–Trinajstić information content (AvgIpc) is 2.87. The molecule has 10 heteroatoms. The minimum absolute atomic E-state index is 0.226. The monoisotopic (exact) mass is 311 g/mol. The van der Waals surface area contributed by atoms with Gasteiger partial charge in [0, 0.05) is 6.20 Å². The van der Waals surface area contributed by atoms with Crippen LogP contribution in [0.3, 0.4) is 0 Å². The maximum atomic E-state index is 12.6. The van der Waals surface area contributed by atoms with E-state index in [0.29, 0.717) is 5.69 Å². The Labute approximate surface area is 122 Å². The topological polar surface area (TPSA) is 121 Å². The number of benzene rings is 1. The first kappa shape index (κ1) is 15.4. The highest BCUT2D eigenvalue weighted by molar-refractivity contribution is 5.94. The zero-order chi connectivity index (χ0) is 16.3. The van der Waals surface area contributed by atoms with Gasteiger partial charge in [-0.25, -0.2) is 9.67 Å². The molecule has 0 amide bonds. The molecule has 2 rings (SSSR count). The van der Waals surface area contributed by atoms with E-state index in [4.69, 9.17) is 17.2 Å². The molecule has 0 aliphatic rings. The molecule has 0 aliphatic carbocycles. The van der Waals surface area contributed by atoms with Crippen molar-refractivity contribution in [3.8, 4) is 5.69 Å². The number of guanidine groups is 2. The van der Waals surface area contributed by atoms with Gasteiger partial charge in [-0.05, 0) is 18.2 Å². The van der Waals surface area contributed by atoms with Crippen LogP contribution in [-0.2, 0) is 6.18 Å².